The van der Waals surface area contributed by atoms with Gasteiger partial charge in [0.25, 0.3) is 0 Å². The first-order valence-corrected chi connectivity index (χ1v) is 0. The molecule has 0 atom stereocenters. The van der Waals surface area contributed by atoms with Gasteiger partial charge in [0.05, 0.1) is 0 Å². The number of nitrogens with two attached hydrogens (primary N) is 1. The Labute approximate surface area is 62.8 Å². The summed E-state index contributed by atoms with van der Waals surface area (Å²) in [5.41, 5.74) is 0. The Hall–Kier alpha value is 1.60. The first-order valence-electron chi connectivity index (χ1n) is 0. The molecule has 4 heavy (non-hydrogen) atoms. The normalized spacial score (nSPS) is 0. The van der Waals surface area contributed by atoms with E-state index in [1.54, 1.807) is 0 Å². The van der Waals surface area contributed by atoms with E-state index in [1.165, 1.54) is 0 Å². The maximum Gasteiger partial charge on any atom is 0 e. The largest absolute Gasteiger partial charge is 0.693 e. The van der Waals surface area contributed by atoms with Crippen molar-refractivity contribution in [2.45, 2.75) is 0 Å². The molecule has 3 heteroatoms. The summed E-state index contributed by atoms with van der Waals surface area (Å²) >= 11 is 0. The Morgan fingerprint density at radius 3 is 1.00 bits per heavy atom. The van der Waals surface area contributed by atoms with E-state index in [2.05, 4.69) is 0 Å². The summed E-state index contributed by atoms with van der Waals surface area (Å²) in [6, 6.07) is 0. The molecule has 0 fully saturated rings. The Balaban J connectivity index is 0. The molecule has 0 saturated carbocycles. The van der Waals surface area contributed by atoms with Crippen LogP contribution in [0.2, 0.25) is 0 Å². The molecular weight excluding hydrogens is 315 g/mol. The van der Waals surface area contributed by atoms with E-state index in [4.69, 9.17) is 0 Å². The van der Waals surface area contributed by atoms with E-state index in [-0.39, 0.29) is 63.2 Å². The molecule has 0 aliphatic rings. The van der Waals surface area contributed by atoms with E-state index < -0.39 is 0 Å². The van der Waals surface area contributed by atoms with Gasteiger partial charge in [0, 0.05) is 49.7 Å². The molecule has 0 aliphatic heterocycles. The van der Waals surface area contributed by atoms with Crippen LogP contribution in [0.25, 0.3) is 6.15 Å². The smallest absolute Gasteiger partial charge is 0 e. The standard InChI is InChI=1S/CH3.H2N.U.V/h1H3;1H2;;/q2*-1;;. The van der Waals surface area contributed by atoms with Gasteiger partial charge in [-0.15, -0.1) is 0 Å². The van der Waals surface area contributed by atoms with Crippen LogP contribution < -0.4 is 0 Å². The van der Waals surface area contributed by atoms with E-state index in [1.807, 2.05) is 0 Å². The van der Waals surface area contributed by atoms with Gasteiger partial charge in [0.15, 0.2) is 0 Å². The minimum absolute atomic E-state index is 0. The van der Waals surface area contributed by atoms with Crippen molar-refractivity contribution in [2.75, 3.05) is 0 Å². The molecule has 0 saturated heterocycles. The summed E-state index contributed by atoms with van der Waals surface area (Å²) in [6.45, 7) is 0. The fraction of sp³-hybridized carbons (Fsp3) is 0. The minimum Gasteiger partial charge on any atom is -0.693 e. The second-order valence-electron chi connectivity index (χ2n) is 0. The topological polar surface area (TPSA) is 33.5 Å². The molecular formula is CH5NUV-2. The van der Waals surface area contributed by atoms with Crippen molar-refractivity contribution in [1.82, 2.24) is 0 Å². The Kier molecular flexibility index (Phi) is 271. The fourth-order valence-corrected chi connectivity index (χ4v) is 0. The molecule has 0 aromatic carbocycles. The Bertz CT molecular complexity index is 8.00. The van der Waals surface area contributed by atoms with Crippen molar-refractivity contribution >= 4 is 0 Å². The first kappa shape index (κ1) is 46.4. The van der Waals surface area contributed by atoms with Gasteiger partial charge >= 0.3 is 0 Å². The Morgan fingerprint density at radius 2 is 1.00 bits per heavy atom. The van der Waals surface area contributed by atoms with Gasteiger partial charge in [0.2, 0.25) is 0 Å². The molecule has 0 unspecified atom stereocenters. The molecule has 0 aromatic heterocycles. The van der Waals surface area contributed by atoms with Crippen LogP contribution in [0.15, 0.2) is 0 Å². The zero-order valence-electron chi connectivity index (χ0n) is 2.52. The molecule has 0 rings (SSSR count). The molecule has 0 bridgehead atoms. The monoisotopic (exact) mass is 320 g/mol. The maximum absolute atomic E-state index is 0. The van der Waals surface area contributed by atoms with Gasteiger partial charge in [-0.25, -0.2) is 0 Å². The summed E-state index contributed by atoms with van der Waals surface area (Å²) < 4.78 is 0. The van der Waals surface area contributed by atoms with Crippen molar-refractivity contribution in [3.63, 3.8) is 0 Å². The molecule has 1 radical (unpaired) electrons. The number of hydrogen-bond acceptors (Lipinski definition) is 0. The van der Waals surface area contributed by atoms with Gasteiger partial charge in [-0.3, -0.25) is 0 Å². The molecule has 25 valence electrons. The molecule has 0 spiro atoms. The predicted molar refractivity (Wildman–Crippen MR) is 11.7 cm³/mol. The van der Waals surface area contributed by atoms with E-state index in [9.17, 15) is 0 Å². The summed E-state index contributed by atoms with van der Waals surface area (Å²) in [5, 5.41) is 0. The molecule has 0 heterocycles. The van der Waals surface area contributed by atoms with Crippen LogP contribution in [-0.2, 0) is 18.6 Å². The van der Waals surface area contributed by atoms with Crippen LogP contribution in [0.1, 0.15) is 0 Å². The minimum atomic E-state index is 0. The third kappa shape index (κ3) is 9.51. The molecule has 0 amide bonds. The van der Waals surface area contributed by atoms with Gasteiger partial charge in [-0.1, -0.05) is 0 Å². The van der Waals surface area contributed by atoms with Crippen molar-refractivity contribution in [3.8, 4) is 0 Å². The van der Waals surface area contributed by atoms with Crippen molar-refractivity contribution in [2.24, 2.45) is 0 Å². The van der Waals surface area contributed by atoms with E-state index >= 15 is 0 Å². The number of hydrogen-bond donors (Lipinski definition) is 0. The summed E-state index contributed by atoms with van der Waals surface area (Å²) in [7, 11) is 0. The summed E-state index contributed by atoms with van der Waals surface area (Å²) in [5.74, 6) is 0. The molecule has 0 aliphatic carbocycles. The second kappa shape index (κ2) is 23.3. The zero-order chi connectivity index (χ0) is 0. The average molecular weight is 320 g/mol. The Morgan fingerprint density at radius 1 is 1.00 bits per heavy atom. The van der Waals surface area contributed by atoms with Crippen molar-refractivity contribution < 1.29 is 49.7 Å². The number of rotatable bonds is 0. The zero-order valence-corrected chi connectivity index (χ0v) is 8.08. The van der Waals surface area contributed by atoms with Crippen LogP contribution in [0.3, 0.4) is 0 Å². The predicted octanol–water partition coefficient (Wildman–Crippen LogP) is 1.16. The average Bonchev–Trinajstić information content (AvgIpc) is 0. The second-order valence-corrected chi connectivity index (χ2v) is 0. The van der Waals surface area contributed by atoms with Gasteiger partial charge in [0.1, 0.15) is 0 Å². The third-order valence-electron chi connectivity index (χ3n) is 0. The van der Waals surface area contributed by atoms with Crippen molar-refractivity contribution in [3.05, 3.63) is 13.6 Å². The first-order chi connectivity index (χ1) is 0. The maximum atomic E-state index is 0. The fourth-order valence-electron chi connectivity index (χ4n) is 0. The molecule has 1 nitrogen and oxygen atoms in total. The van der Waals surface area contributed by atoms with Gasteiger partial charge in [-0.05, 0) is 0 Å². The van der Waals surface area contributed by atoms with E-state index in [0.29, 0.717) is 0 Å². The van der Waals surface area contributed by atoms with E-state index in [0.717, 1.165) is 0 Å². The van der Waals surface area contributed by atoms with Gasteiger partial charge in [-0.2, -0.15) is 0 Å². The SMILES string of the molecule is [CH3-].[NH2-].[U].[V]. The summed E-state index contributed by atoms with van der Waals surface area (Å²) in [4.78, 5) is 0. The van der Waals surface area contributed by atoms with Crippen LogP contribution in [0.4, 0.5) is 0 Å². The van der Waals surface area contributed by atoms with Crippen LogP contribution >= 0.6 is 0 Å². The van der Waals surface area contributed by atoms with Crippen molar-refractivity contribution in [1.29, 1.82) is 0 Å². The molecule has 0 aromatic rings. The third-order valence-corrected chi connectivity index (χ3v) is 0. The van der Waals surface area contributed by atoms with Gasteiger partial charge < -0.3 is 13.6 Å². The summed E-state index contributed by atoms with van der Waals surface area (Å²) in [6.07, 6.45) is 0. The van der Waals surface area contributed by atoms with Crippen LogP contribution in [0, 0.1) is 38.5 Å². The van der Waals surface area contributed by atoms with Crippen LogP contribution in [-0.4, -0.2) is 0 Å². The quantitative estimate of drug-likeness (QED) is 0.601. The van der Waals surface area contributed by atoms with Crippen LogP contribution in [0.5, 0.6) is 0 Å². The molecule has 2 N–H and O–H groups in total.